The van der Waals surface area contributed by atoms with Crippen LogP contribution in [0.15, 0.2) is 12.2 Å². The minimum Gasteiger partial charge on any atom is -0.458 e. The molecule has 0 amide bonds. The summed E-state index contributed by atoms with van der Waals surface area (Å²) >= 11 is 0. The van der Waals surface area contributed by atoms with Gasteiger partial charge in [0.25, 0.3) is 0 Å². The van der Waals surface area contributed by atoms with Crippen molar-refractivity contribution in [2.45, 2.75) is 50.9 Å². The van der Waals surface area contributed by atoms with Gasteiger partial charge in [0.2, 0.25) is 0 Å². The lowest BCUT2D eigenvalue weighted by atomic mass is 9.55. The molecule has 0 aromatic carbocycles. The van der Waals surface area contributed by atoms with E-state index < -0.39 is 11.7 Å². The molecule has 3 aliphatic rings. The minimum atomic E-state index is -0.883. The zero-order chi connectivity index (χ0) is 13.9. The number of aliphatic hydroxyl groups excluding tert-OH is 1. The van der Waals surface area contributed by atoms with Crippen LogP contribution in [0.5, 0.6) is 0 Å². The molecule has 0 aromatic heterocycles. The Morgan fingerprint density at radius 1 is 1.47 bits per heavy atom. The first-order valence-corrected chi connectivity index (χ1v) is 7.13. The van der Waals surface area contributed by atoms with Gasteiger partial charge >= 0.3 is 5.97 Å². The average Bonchev–Trinajstić information content (AvgIpc) is 2.60. The molecule has 4 nitrogen and oxygen atoms in total. The quantitative estimate of drug-likeness (QED) is 0.512. The largest absolute Gasteiger partial charge is 0.458 e. The number of carbonyl (C=O) groups is 1. The van der Waals surface area contributed by atoms with E-state index in [4.69, 9.17) is 4.74 Å². The maximum atomic E-state index is 11.7. The van der Waals surface area contributed by atoms with Crippen molar-refractivity contribution in [2.75, 3.05) is 0 Å². The summed E-state index contributed by atoms with van der Waals surface area (Å²) in [6.07, 6.45) is 1.25. The molecule has 106 valence electrons. The number of carbonyl (C=O) groups excluding carboxylic acids is 1. The van der Waals surface area contributed by atoms with Gasteiger partial charge in [0, 0.05) is 17.4 Å². The number of hydrogen-bond donors (Lipinski definition) is 2. The normalized spacial score (nSPS) is 53.5. The summed E-state index contributed by atoms with van der Waals surface area (Å²) in [7, 11) is 0. The summed E-state index contributed by atoms with van der Waals surface area (Å²) in [5.74, 6) is -0.254. The molecule has 3 fully saturated rings. The highest BCUT2D eigenvalue weighted by Gasteiger charge is 2.59. The zero-order valence-electron chi connectivity index (χ0n) is 11.5. The Kier molecular flexibility index (Phi) is 2.81. The molecule has 7 unspecified atom stereocenters. The second-order valence-electron chi connectivity index (χ2n) is 6.78. The summed E-state index contributed by atoms with van der Waals surface area (Å²) in [4.78, 5) is 11.7. The summed E-state index contributed by atoms with van der Waals surface area (Å²) < 4.78 is 5.47. The SMILES string of the molecule is C=C1C(=O)OC2C1CC(C)C1C(O)CCC(C)(O)C21. The van der Waals surface area contributed by atoms with Gasteiger partial charge in [-0.25, -0.2) is 4.79 Å². The summed E-state index contributed by atoms with van der Waals surface area (Å²) in [6.45, 7) is 7.74. The number of fused-ring (bicyclic) bond motifs is 3. The van der Waals surface area contributed by atoms with Gasteiger partial charge in [-0.3, -0.25) is 0 Å². The smallest absolute Gasteiger partial charge is 0.334 e. The van der Waals surface area contributed by atoms with E-state index >= 15 is 0 Å². The van der Waals surface area contributed by atoms with Crippen LogP contribution in [-0.2, 0) is 9.53 Å². The lowest BCUT2D eigenvalue weighted by Gasteiger charge is -2.53. The third kappa shape index (κ3) is 1.77. The van der Waals surface area contributed by atoms with Gasteiger partial charge in [-0.1, -0.05) is 13.5 Å². The number of ether oxygens (including phenoxy) is 1. The molecule has 1 saturated heterocycles. The first kappa shape index (κ1) is 13.1. The molecule has 19 heavy (non-hydrogen) atoms. The van der Waals surface area contributed by atoms with Crippen molar-refractivity contribution in [3.63, 3.8) is 0 Å². The van der Waals surface area contributed by atoms with Crippen LogP contribution in [0.1, 0.15) is 33.1 Å². The van der Waals surface area contributed by atoms with Gasteiger partial charge in [-0.05, 0) is 38.0 Å². The Morgan fingerprint density at radius 2 is 2.16 bits per heavy atom. The Labute approximate surface area is 113 Å². The maximum Gasteiger partial charge on any atom is 0.334 e. The Hall–Kier alpha value is -0.870. The van der Waals surface area contributed by atoms with E-state index in [9.17, 15) is 15.0 Å². The topological polar surface area (TPSA) is 66.8 Å². The van der Waals surface area contributed by atoms with E-state index in [-0.39, 0.29) is 35.7 Å². The van der Waals surface area contributed by atoms with Crippen LogP contribution in [-0.4, -0.2) is 34.0 Å². The van der Waals surface area contributed by atoms with Crippen LogP contribution >= 0.6 is 0 Å². The van der Waals surface area contributed by atoms with Crippen LogP contribution in [0.4, 0.5) is 0 Å². The predicted molar refractivity (Wildman–Crippen MR) is 69.1 cm³/mol. The van der Waals surface area contributed by atoms with E-state index in [1.165, 1.54) is 0 Å². The van der Waals surface area contributed by atoms with E-state index in [0.717, 1.165) is 6.42 Å². The average molecular weight is 266 g/mol. The van der Waals surface area contributed by atoms with Gasteiger partial charge in [-0.2, -0.15) is 0 Å². The molecule has 4 heteroatoms. The summed E-state index contributed by atoms with van der Waals surface area (Å²) in [5, 5.41) is 21.0. The maximum absolute atomic E-state index is 11.7. The van der Waals surface area contributed by atoms with Gasteiger partial charge in [0.05, 0.1) is 11.7 Å². The first-order chi connectivity index (χ1) is 8.83. The molecule has 2 aliphatic carbocycles. The van der Waals surface area contributed by atoms with E-state index in [1.807, 2.05) is 0 Å². The van der Waals surface area contributed by atoms with Gasteiger partial charge < -0.3 is 14.9 Å². The molecule has 1 aliphatic heterocycles. The summed E-state index contributed by atoms with van der Waals surface area (Å²) in [5.41, 5.74) is -0.349. The van der Waals surface area contributed by atoms with Crippen molar-refractivity contribution in [1.82, 2.24) is 0 Å². The van der Waals surface area contributed by atoms with Crippen molar-refractivity contribution in [3.05, 3.63) is 12.2 Å². The molecule has 1 heterocycles. The molecule has 2 saturated carbocycles. The number of hydrogen-bond acceptors (Lipinski definition) is 4. The Bertz CT molecular complexity index is 428. The molecular weight excluding hydrogens is 244 g/mol. The highest BCUT2D eigenvalue weighted by molar-refractivity contribution is 5.90. The number of rotatable bonds is 0. The molecule has 0 radical (unpaired) electrons. The standard InChI is InChI=1S/C15H22O4/c1-7-6-9-8(2)14(17)19-13(9)12-11(7)10(16)4-5-15(12,3)18/h7,9-13,16,18H,2,4-6H2,1,3H3. The van der Waals surface area contributed by atoms with Crippen LogP contribution in [0.3, 0.4) is 0 Å². The molecule has 0 bridgehead atoms. The van der Waals surface area contributed by atoms with Crippen LogP contribution in [0.25, 0.3) is 0 Å². The fourth-order valence-electron chi connectivity index (χ4n) is 4.55. The molecule has 2 N–H and O–H groups in total. The van der Waals surface area contributed by atoms with Crippen LogP contribution in [0, 0.1) is 23.7 Å². The highest BCUT2D eigenvalue weighted by Crippen LogP contribution is 2.54. The van der Waals surface area contributed by atoms with Gasteiger partial charge in [-0.15, -0.1) is 0 Å². The molecule has 3 rings (SSSR count). The second-order valence-corrected chi connectivity index (χ2v) is 6.78. The molecular formula is C15H22O4. The third-order valence-corrected chi connectivity index (χ3v) is 5.51. The molecule has 7 atom stereocenters. The summed E-state index contributed by atoms with van der Waals surface area (Å²) in [6, 6.07) is 0. The fourth-order valence-corrected chi connectivity index (χ4v) is 4.55. The fraction of sp³-hybridized carbons (Fsp3) is 0.800. The molecule has 0 aromatic rings. The van der Waals surface area contributed by atoms with Crippen molar-refractivity contribution < 1.29 is 19.7 Å². The Balaban J connectivity index is 2.01. The number of esters is 1. The van der Waals surface area contributed by atoms with Crippen LogP contribution < -0.4 is 0 Å². The van der Waals surface area contributed by atoms with Crippen LogP contribution in [0.2, 0.25) is 0 Å². The van der Waals surface area contributed by atoms with E-state index in [0.29, 0.717) is 18.4 Å². The molecule has 0 spiro atoms. The van der Waals surface area contributed by atoms with Crippen molar-refractivity contribution >= 4 is 5.97 Å². The second kappa shape index (κ2) is 4.06. The predicted octanol–water partition coefficient (Wildman–Crippen LogP) is 1.26. The minimum absolute atomic E-state index is 0.000486. The number of aliphatic hydroxyl groups is 2. The highest BCUT2D eigenvalue weighted by atomic mass is 16.6. The van der Waals surface area contributed by atoms with Gasteiger partial charge in [0.1, 0.15) is 6.10 Å². The van der Waals surface area contributed by atoms with E-state index in [2.05, 4.69) is 13.5 Å². The van der Waals surface area contributed by atoms with E-state index in [1.54, 1.807) is 6.92 Å². The van der Waals surface area contributed by atoms with Crippen molar-refractivity contribution in [2.24, 2.45) is 23.7 Å². The third-order valence-electron chi connectivity index (χ3n) is 5.51. The van der Waals surface area contributed by atoms with Crippen molar-refractivity contribution in [1.29, 1.82) is 0 Å². The van der Waals surface area contributed by atoms with Gasteiger partial charge in [0.15, 0.2) is 0 Å². The zero-order valence-corrected chi connectivity index (χ0v) is 11.5. The lowest BCUT2D eigenvalue weighted by molar-refractivity contribution is -0.189. The Morgan fingerprint density at radius 3 is 2.84 bits per heavy atom. The monoisotopic (exact) mass is 266 g/mol. The first-order valence-electron chi connectivity index (χ1n) is 7.13. The lowest BCUT2D eigenvalue weighted by Crippen LogP contribution is -2.59. The van der Waals surface area contributed by atoms with Crippen molar-refractivity contribution in [3.8, 4) is 0 Å².